The second-order valence-electron chi connectivity index (χ2n) is 6.23. The van der Waals surface area contributed by atoms with Crippen molar-refractivity contribution in [2.75, 3.05) is 13.7 Å². The van der Waals surface area contributed by atoms with Crippen LogP contribution in [0, 0.1) is 5.92 Å². The lowest BCUT2D eigenvalue weighted by molar-refractivity contribution is -0.143. The number of likely N-dealkylation sites (tertiary alicyclic amines) is 1. The normalized spacial score (nSPS) is 20.1. The summed E-state index contributed by atoms with van der Waals surface area (Å²) in [6.07, 6.45) is 1.21. The van der Waals surface area contributed by atoms with Gasteiger partial charge in [-0.3, -0.25) is 9.59 Å². The summed E-state index contributed by atoms with van der Waals surface area (Å²) in [7, 11) is 1.57. The third kappa shape index (κ3) is 3.65. The largest absolute Gasteiger partial charge is 0.497 e. The first-order valence-electron chi connectivity index (χ1n) is 8.33. The standard InChI is InChI=1S/C20H21NO4/c1-25-17-10-7-15(8-11-17)19(22)21-13-16(20(23)24)9-12-18(21)14-5-3-2-4-6-14/h2-8,10-11,16,18H,9,12-13H2,1H3,(H,23,24)/t16-,18+/m1/s1. The maximum Gasteiger partial charge on any atom is 0.308 e. The van der Waals surface area contributed by atoms with Gasteiger partial charge in [-0.25, -0.2) is 0 Å². The zero-order chi connectivity index (χ0) is 17.8. The summed E-state index contributed by atoms with van der Waals surface area (Å²) in [6, 6.07) is 16.6. The Labute approximate surface area is 146 Å². The maximum absolute atomic E-state index is 13.0. The lowest BCUT2D eigenvalue weighted by atomic mass is 9.88. The van der Waals surface area contributed by atoms with Crippen LogP contribution in [0.15, 0.2) is 54.6 Å². The monoisotopic (exact) mass is 339 g/mol. The van der Waals surface area contributed by atoms with Crippen LogP contribution in [0.25, 0.3) is 0 Å². The van der Waals surface area contributed by atoms with E-state index in [4.69, 9.17) is 4.74 Å². The number of aliphatic carboxylic acids is 1. The predicted molar refractivity (Wildman–Crippen MR) is 93.6 cm³/mol. The minimum atomic E-state index is -0.848. The number of nitrogens with zero attached hydrogens (tertiary/aromatic N) is 1. The highest BCUT2D eigenvalue weighted by Gasteiger charge is 2.35. The fraction of sp³-hybridized carbons (Fsp3) is 0.300. The second kappa shape index (κ2) is 7.38. The molecule has 0 unspecified atom stereocenters. The van der Waals surface area contributed by atoms with Crippen LogP contribution in [0.4, 0.5) is 0 Å². The summed E-state index contributed by atoms with van der Waals surface area (Å²) in [6.45, 7) is 0.222. The van der Waals surface area contributed by atoms with Crippen molar-refractivity contribution in [3.05, 3.63) is 65.7 Å². The van der Waals surface area contributed by atoms with Gasteiger partial charge in [0.1, 0.15) is 5.75 Å². The van der Waals surface area contributed by atoms with Crippen molar-refractivity contribution in [3.8, 4) is 5.75 Å². The molecule has 5 heteroatoms. The number of ether oxygens (including phenoxy) is 1. The van der Waals surface area contributed by atoms with E-state index < -0.39 is 11.9 Å². The zero-order valence-electron chi connectivity index (χ0n) is 14.1. The van der Waals surface area contributed by atoms with Gasteiger partial charge in [0.25, 0.3) is 5.91 Å². The van der Waals surface area contributed by atoms with Crippen molar-refractivity contribution in [1.29, 1.82) is 0 Å². The SMILES string of the molecule is COc1ccc(C(=O)N2C[C@H](C(=O)O)CC[C@H]2c2ccccc2)cc1. The molecule has 0 aromatic heterocycles. The molecule has 1 aliphatic rings. The Morgan fingerprint density at radius 1 is 1.04 bits per heavy atom. The Balaban J connectivity index is 1.90. The number of methoxy groups -OCH3 is 1. The van der Waals surface area contributed by atoms with Gasteiger partial charge in [-0.05, 0) is 42.7 Å². The lowest BCUT2D eigenvalue weighted by Crippen LogP contribution is -2.44. The van der Waals surface area contributed by atoms with E-state index in [0.717, 1.165) is 5.56 Å². The third-order valence-electron chi connectivity index (χ3n) is 4.71. The molecule has 3 rings (SSSR count). The smallest absolute Gasteiger partial charge is 0.308 e. The zero-order valence-corrected chi connectivity index (χ0v) is 14.1. The molecule has 1 N–H and O–H groups in total. The first-order chi connectivity index (χ1) is 12.1. The quantitative estimate of drug-likeness (QED) is 0.927. The van der Waals surface area contributed by atoms with E-state index in [1.807, 2.05) is 30.3 Å². The van der Waals surface area contributed by atoms with E-state index in [9.17, 15) is 14.7 Å². The van der Waals surface area contributed by atoms with Gasteiger partial charge in [-0.15, -0.1) is 0 Å². The van der Waals surface area contributed by atoms with E-state index in [2.05, 4.69) is 0 Å². The third-order valence-corrected chi connectivity index (χ3v) is 4.71. The molecule has 0 saturated carbocycles. The molecule has 0 radical (unpaired) electrons. The van der Waals surface area contributed by atoms with Crippen LogP contribution in [-0.2, 0) is 4.79 Å². The van der Waals surface area contributed by atoms with Crippen molar-refractivity contribution in [3.63, 3.8) is 0 Å². The topological polar surface area (TPSA) is 66.8 Å². The summed E-state index contributed by atoms with van der Waals surface area (Å²) >= 11 is 0. The molecule has 0 spiro atoms. The Hall–Kier alpha value is -2.82. The Bertz CT molecular complexity index is 742. The molecule has 1 amide bonds. The molecular formula is C20H21NO4. The van der Waals surface area contributed by atoms with E-state index in [0.29, 0.717) is 24.2 Å². The Kier molecular flexibility index (Phi) is 5.03. The summed E-state index contributed by atoms with van der Waals surface area (Å²) in [5.74, 6) is -0.845. The summed E-state index contributed by atoms with van der Waals surface area (Å²) < 4.78 is 5.13. The highest BCUT2D eigenvalue weighted by molar-refractivity contribution is 5.95. The maximum atomic E-state index is 13.0. The molecule has 5 nitrogen and oxygen atoms in total. The van der Waals surface area contributed by atoms with Gasteiger partial charge in [0.05, 0.1) is 19.1 Å². The van der Waals surface area contributed by atoms with Gasteiger partial charge in [-0.2, -0.15) is 0 Å². The predicted octanol–water partition coefficient (Wildman–Crippen LogP) is 3.37. The molecule has 1 saturated heterocycles. The molecule has 2 aromatic rings. The van der Waals surface area contributed by atoms with E-state index in [1.54, 1.807) is 36.3 Å². The molecule has 2 aromatic carbocycles. The van der Waals surface area contributed by atoms with Crippen molar-refractivity contribution in [2.45, 2.75) is 18.9 Å². The second-order valence-corrected chi connectivity index (χ2v) is 6.23. The number of carboxylic acids is 1. The number of benzene rings is 2. The fourth-order valence-corrected chi connectivity index (χ4v) is 3.32. The number of piperidine rings is 1. The first kappa shape index (κ1) is 17.0. The van der Waals surface area contributed by atoms with Gasteiger partial charge in [0.15, 0.2) is 0 Å². The molecule has 0 aliphatic carbocycles. The van der Waals surface area contributed by atoms with Gasteiger partial charge in [-0.1, -0.05) is 30.3 Å². The molecule has 2 atom stereocenters. The van der Waals surface area contributed by atoms with Crippen LogP contribution < -0.4 is 4.74 Å². The van der Waals surface area contributed by atoms with Crippen molar-refractivity contribution < 1.29 is 19.4 Å². The molecular weight excluding hydrogens is 318 g/mol. The highest BCUT2D eigenvalue weighted by Crippen LogP contribution is 2.34. The van der Waals surface area contributed by atoms with Crippen LogP contribution in [0.2, 0.25) is 0 Å². The number of rotatable bonds is 4. The highest BCUT2D eigenvalue weighted by atomic mass is 16.5. The van der Waals surface area contributed by atoms with E-state index >= 15 is 0 Å². The van der Waals surface area contributed by atoms with E-state index in [-0.39, 0.29) is 18.5 Å². The lowest BCUT2D eigenvalue weighted by Gasteiger charge is -2.38. The van der Waals surface area contributed by atoms with Gasteiger partial charge < -0.3 is 14.7 Å². The first-order valence-corrected chi connectivity index (χ1v) is 8.33. The molecule has 130 valence electrons. The van der Waals surface area contributed by atoms with Crippen LogP contribution >= 0.6 is 0 Å². The average molecular weight is 339 g/mol. The number of hydrogen-bond donors (Lipinski definition) is 1. The number of carbonyl (C=O) groups is 2. The van der Waals surface area contributed by atoms with Crippen molar-refractivity contribution in [2.24, 2.45) is 5.92 Å². The van der Waals surface area contributed by atoms with E-state index in [1.165, 1.54) is 0 Å². The summed E-state index contributed by atoms with van der Waals surface area (Å²) in [5, 5.41) is 9.38. The van der Waals surface area contributed by atoms with Gasteiger partial charge in [0.2, 0.25) is 0 Å². The number of amides is 1. The van der Waals surface area contributed by atoms with Crippen LogP contribution in [0.1, 0.15) is 34.8 Å². The average Bonchev–Trinajstić information content (AvgIpc) is 2.67. The molecule has 0 bridgehead atoms. The fourth-order valence-electron chi connectivity index (χ4n) is 3.32. The molecule has 1 heterocycles. The molecule has 25 heavy (non-hydrogen) atoms. The van der Waals surface area contributed by atoms with Crippen LogP contribution in [-0.4, -0.2) is 35.5 Å². The Morgan fingerprint density at radius 3 is 2.32 bits per heavy atom. The number of hydrogen-bond acceptors (Lipinski definition) is 3. The van der Waals surface area contributed by atoms with Gasteiger partial charge >= 0.3 is 5.97 Å². The van der Waals surface area contributed by atoms with Crippen LogP contribution in [0.3, 0.4) is 0 Å². The van der Waals surface area contributed by atoms with Gasteiger partial charge in [0, 0.05) is 12.1 Å². The number of carboxylic acid groups (broad SMARTS) is 1. The summed E-state index contributed by atoms with van der Waals surface area (Å²) in [5.41, 5.74) is 1.57. The Morgan fingerprint density at radius 2 is 1.72 bits per heavy atom. The molecule has 1 aliphatic heterocycles. The minimum absolute atomic E-state index is 0.105. The van der Waals surface area contributed by atoms with Crippen molar-refractivity contribution >= 4 is 11.9 Å². The molecule has 1 fully saturated rings. The summed E-state index contributed by atoms with van der Waals surface area (Å²) in [4.78, 5) is 26.2. The number of carbonyl (C=O) groups excluding carboxylic acids is 1. The minimum Gasteiger partial charge on any atom is -0.497 e. The van der Waals surface area contributed by atoms with Crippen molar-refractivity contribution in [1.82, 2.24) is 4.90 Å². The van der Waals surface area contributed by atoms with Crippen LogP contribution in [0.5, 0.6) is 5.75 Å².